The van der Waals surface area contributed by atoms with Crippen LogP contribution in [0.4, 0.5) is 0 Å². The largest absolute Gasteiger partial charge is 0.497 e. The van der Waals surface area contributed by atoms with Crippen molar-refractivity contribution in [3.8, 4) is 5.75 Å². The molecule has 0 unspecified atom stereocenters. The summed E-state index contributed by atoms with van der Waals surface area (Å²) in [4.78, 5) is 31.7. The van der Waals surface area contributed by atoms with Crippen LogP contribution < -0.4 is 10.1 Å². The van der Waals surface area contributed by atoms with Gasteiger partial charge in [0.15, 0.2) is 0 Å². The van der Waals surface area contributed by atoms with Gasteiger partial charge in [-0.1, -0.05) is 30.7 Å². The van der Waals surface area contributed by atoms with Crippen molar-refractivity contribution in [2.24, 2.45) is 0 Å². The summed E-state index contributed by atoms with van der Waals surface area (Å²) in [7, 11) is 1.63. The quantitative estimate of drug-likeness (QED) is 0.441. The minimum absolute atomic E-state index is 0.0346. The molecule has 34 heavy (non-hydrogen) atoms. The van der Waals surface area contributed by atoms with Gasteiger partial charge in [-0.2, -0.15) is 0 Å². The molecule has 1 saturated heterocycles. The number of methoxy groups -OCH3 is 1. The van der Waals surface area contributed by atoms with Crippen molar-refractivity contribution in [1.29, 1.82) is 0 Å². The molecule has 2 amide bonds. The highest BCUT2D eigenvalue weighted by atomic mass is 16.5. The number of carbonyl (C=O) groups excluding carboxylic acids is 2. The molecular formula is C27H34N4O3. The standard InChI is InChI=1S/C27H34N4O3/c1-34-22-14-12-21(13-15-22)19-26(32)28-16-6-2-3-11-25-29-23-9-4-5-10-24(23)31(25)20-27(33)30-17-7-8-18-30/h4-5,9-10,12-15H,2-3,6-8,11,16-20H2,1H3,(H,28,32). The van der Waals surface area contributed by atoms with Gasteiger partial charge in [0, 0.05) is 26.1 Å². The molecule has 7 nitrogen and oxygen atoms in total. The molecular weight excluding hydrogens is 428 g/mol. The van der Waals surface area contributed by atoms with Gasteiger partial charge in [0.1, 0.15) is 18.1 Å². The van der Waals surface area contributed by atoms with Gasteiger partial charge < -0.3 is 19.5 Å². The number of unbranched alkanes of at least 4 members (excludes halogenated alkanes) is 2. The average molecular weight is 463 g/mol. The van der Waals surface area contributed by atoms with Crippen LogP contribution in [0.5, 0.6) is 5.75 Å². The Kier molecular flexibility index (Phi) is 8.17. The summed E-state index contributed by atoms with van der Waals surface area (Å²) >= 11 is 0. The van der Waals surface area contributed by atoms with Gasteiger partial charge in [-0.15, -0.1) is 0 Å². The molecule has 1 aliphatic heterocycles. The molecule has 0 aliphatic carbocycles. The van der Waals surface area contributed by atoms with E-state index in [1.807, 2.05) is 53.4 Å². The molecule has 0 saturated carbocycles. The van der Waals surface area contributed by atoms with Gasteiger partial charge >= 0.3 is 0 Å². The summed E-state index contributed by atoms with van der Waals surface area (Å²) in [5.41, 5.74) is 2.94. The zero-order valence-corrected chi connectivity index (χ0v) is 20.0. The van der Waals surface area contributed by atoms with Crippen LogP contribution in [0, 0.1) is 0 Å². The Balaban J connectivity index is 1.23. The number of rotatable bonds is 11. The van der Waals surface area contributed by atoms with E-state index in [9.17, 15) is 9.59 Å². The first kappa shape index (κ1) is 23.8. The normalized spacial score (nSPS) is 13.4. The Bertz CT molecular complexity index is 1100. The second-order valence-electron chi connectivity index (χ2n) is 8.88. The van der Waals surface area contributed by atoms with Crippen molar-refractivity contribution in [1.82, 2.24) is 19.8 Å². The van der Waals surface area contributed by atoms with Crippen LogP contribution in [0.15, 0.2) is 48.5 Å². The zero-order valence-electron chi connectivity index (χ0n) is 20.0. The van der Waals surface area contributed by atoms with Crippen LogP contribution >= 0.6 is 0 Å². The zero-order chi connectivity index (χ0) is 23.8. The Morgan fingerprint density at radius 2 is 1.76 bits per heavy atom. The Hall–Kier alpha value is -3.35. The Morgan fingerprint density at radius 3 is 2.53 bits per heavy atom. The number of fused-ring (bicyclic) bond motifs is 1. The molecule has 2 aromatic carbocycles. The second kappa shape index (κ2) is 11.7. The van der Waals surface area contributed by atoms with Crippen LogP contribution in [-0.4, -0.2) is 53.0 Å². The maximum atomic E-state index is 12.8. The second-order valence-corrected chi connectivity index (χ2v) is 8.88. The number of aryl methyl sites for hydroxylation is 1. The number of para-hydroxylation sites is 2. The summed E-state index contributed by atoms with van der Waals surface area (Å²) in [5, 5.41) is 3.01. The minimum atomic E-state index is 0.0346. The van der Waals surface area contributed by atoms with E-state index >= 15 is 0 Å². The van der Waals surface area contributed by atoms with E-state index in [4.69, 9.17) is 9.72 Å². The molecule has 0 spiro atoms. The SMILES string of the molecule is COc1ccc(CC(=O)NCCCCCc2nc3ccccc3n2CC(=O)N2CCCC2)cc1. The number of hydrogen-bond donors (Lipinski definition) is 1. The van der Waals surface area contributed by atoms with Crippen molar-refractivity contribution in [2.75, 3.05) is 26.7 Å². The highest BCUT2D eigenvalue weighted by Crippen LogP contribution is 2.19. The molecule has 1 aliphatic rings. The van der Waals surface area contributed by atoms with Crippen molar-refractivity contribution in [3.05, 3.63) is 59.9 Å². The fraction of sp³-hybridized carbons (Fsp3) is 0.444. The number of ether oxygens (including phenoxy) is 1. The summed E-state index contributed by atoms with van der Waals surface area (Å²) in [5.74, 6) is 1.98. The fourth-order valence-electron chi connectivity index (χ4n) is 4.50. The molecule has 2 heterocycles. The maximum absolute atomic E-state index is 12.8. The molecule has 0 radical (unpaired) electrons. The lowest BCUT2D eigenvalue weighted by molar-refractivity contribution is -0.130. The molecule has 4 rings (SSSR count). The highest BCUT2D eigenvalue weighted by molar-refractivity contribution is 5.81. The van der Waals surface area contributed by atoms with Crippen molar-refractivity contribution in [3.63, 3.8) is 0 Å². The number of imidazole rings is 1. The smallest absolute Gasteiger partial charge is 0.242 e. The van der Waals surface area contributed by atoms with E-state index in [0.29, 0.717) is 19.5 Å². The monoisotopic (exact) mass is 462 g/mol. The third-order valence-electron chi connectivity index (χ3n) is 6.41. The Labute approximate surface area is 201 Å². The lowest BCUT2D eigenvalue weighted by atomic mass is 10.1. The molecule has 1 N–H and O–H groups in total. The minimum Gasteiger partial charge on any atom is -0.497 e. The number of aromatic nitrogens is 2. The van der Waals surface area contributed by atoms with Crippen molar-refractivity contribution in [2.45, 2.75) is 51.5 Å². The number of benzene rings is 2. The van der Waals surface area contributed by atoms with Gasteiger partial charge in [0.2, 0.25) is 11.8 Å². The van der Waals surface area contributed by atoms with Crippen LogP contribution in [0.3, 0.4) is 0 Å². The first-order valence-corrected chi connectivity index (χ1v) is 12.3. The number of amides is 2. The average Bonchev–Trinajstić information content (AvgIpc) is 3.51. The van der Waals surface area contributed by atoms with Gasteiger partial charge in [-0.25, -0.2) is 4.98 Å². The maximum Gasteiger partial charge on any atom is 0.242 e. The summed E-state index contributed by atoms with van der Waals surface area (Å²) < 4.78 is 7.24. The van der Waals surface area contributed by atoms with E-state index in [-0.39, 0.29) is 11.8 Å². The third kappa shape index (κ3) is 6.16. The number of carbonyl (C=O) groups is 2. The van der Waals surface area contributed by atoms with E-state index in [2.05, 4.69) is 9.88 Å². The van der Waals surface area contributed by atoms with Crippen LogP contribution in [0.1, 0.15) is 43.5 Å². The number of likely N-dealkylation sites (tertiary alicyclic amines) is 1. The van der Waals surface area contributed by atoms with E-state index < -0.39 is 0 Å². The Morgan fingerprint density at radius 1 is 1.00 bits per heavy atom. The number of hydrogen-bond acceptors (Lipinski definition) is 4. The summed E-state index contributed by atoms with van der Waals surface area (Å²) in [6.45, 7) is 2.76. The van der Waals surface area contributed by atoms with Gasteiger partial charge in [-0.3, -0.25) is 9.59 Å². The van der Waals surface area contributed by atoms with Crippen molar-refractivity contribution >= 4 is 22.8 Å². The molecule has 1 fully saturated rings. The molecule has 1 aromatic heterocycles. The summed E-state index contributed by atoms with van der Waals surface area (Å²) in [6, 6.07) is 15.6. The summed E-state index contributed by atoms with van der Waals surface area (Å²) in [6.07, 6.45) is 6.27. The fourth-order valence-corrected chi connectivity index (χ4v) is 4.50. The number of nitrogens with one attached hydrogen (secondary N) is 1. The van der Waals surface area contributed by atoms with Crippen LogP contribution in [0.25, 0.3) is 11.0 Å². The third-order valence-corrected chi connectivity index (χ3v) is 6.41. The molecule has 7 heteroatoms. The molecule has 3 aromatic rings. The van der Waals surface area contributed by atoms with Crippen molar-refractivity contribution < 1.29 is 14.3 Å². The first-order valence-electron chi connectivity index (χ1n) is 12.3. The van der Waals surface area contributed by atoms with Crippen LogP contribution in [0.2, 0.25) is 0 Å². The topological polar surface area (TPSA) is 76.5 Å². The van der Waals surface area contributed by atoms with E-state index in [1.54, 1.807) is 7.11 Å². The van der Waals surface area contributed by atoms with E-state index in [1.165, 1.54) is 0 Å². The lowest BCUT2D eigenvalue weighted by Crippen LogP contribution is -2.31. The van der Waals surface area contributed by atoms with Gasteiger partial charge in [0.05, 0.1) is 24.6 Å². The molecule has 180 valence electrons. The number of nitrogens with zero attached hydrogens (tertiary/aromatic N) is 3. The first-order chi connectivity index (χ1) is 16.6. The molecule has 0 bridgehead atoms. The van der Waals surface area contributed by atoms with Gasteiger partial charge in [0.25, 0.3) is 0 Å². The van der Waals surface area contributed by atoms with Gasteiger partial charge in [-0.05, 0) is 55.5 Å². The lowest BCUT2D eigenvalue weighted by Gasteiger charge is -2.17. The predicted molar refractivity (Wildman–Crippen MR) is 133 cm³/mol. The molecule has 0 atom stereocenters. The van der Waals surface area contributed by atoms with E-state index in [0.717, 1.165) is 79.8 Å². The highest BCUT2D eigenvalue weighted by Gasteiger charge is 2.20. The van der Waals surface area contributed by atoms with Crippen LogP contribution in [-0.2, 0) is 29.0 Å². The predicted octanol–water partition coefficient (Wildman–Crippen LogP) is 3.74.